The van der Waals surface area contributed by atoms with Crippen LogP contribution >= 0.6 is 0 Å². The predicted molar refractivity (Wildman–Crippen MR) is 69.8 cm³/mol. The van der Waals surface area contributed by atoms with Crippen molar-refractivity contribution in [3.8, 4) is 17.2 Å². The van der Waals surface area contributed by atoms with Crippen LogP contribution < -0.4 is 5.32 Å². The monoisotopic (exact) mass is 283 g/mol. The van der Waals surface area contributed by atoms with Gasteiger partial charge in [-0.1, -0.05) is 13.8 Å². The molecular weight excluding hydrogens is 266 g/mol. The SMILES string of the molecule is CC(C)CC(NC(=O)c1cc(O)c(O)c(O)c1)C(=O)O. The molecule has 0 aliphatic rings. The molecule has 1 aromatic rings. The number of carbonyl (C=O) groups is 2. The van der Waals surface area contributed by atoms with Crippen LogP contribution in [0.1, 0.15) is 30.6 Å². The van der Waals surface area contributed by atoms with Crippen LogP contribution in [0.5, 0.6) is 17.2 Å². The van der Waals surface area contributed by atoms with Crippen molar-refractivity contribution in [1.29, 1.82) is 0 Å². The quantitative estimate of drug-likeness (QED) is 0.514. The number of hydrogen-bond donors (Lipinski definition) is 5. The molecule has 110 valence electrons. The summed E-state index contributed by atoms with van der Waals surface area (Å²) in [4.78, 5) is 22.9. The zero-order valence-electron chi connectivity index (χ0n) is 11.1. The summed E-state index contributed by atoms with van der Waals surface area (Å²) < 4.78 is 0. The second-order valence-electron chi connectivity index (χ2n) is 4.86. The molecule has 0 saturated carbocycles. The Morgan fingerprint density at radius 3 is 2.05 bits per heavy atom. The second kappa shape index (κ2) is 6.14. The summed E-state index contributed by atoms with van der Waals surface area (Å²) >= 11 is 0. The largest absolute Gasteiger partial charge is 0.504 e. The van der Waals surface area contributed by atoms with Crippen LogP contribution in [0.3, 0.4) is 0 Å². The first kappa shape index (κ1) is 15.6. The van der Waals surface area contributed by atoms with Crippen molar-refractivity contribution >= 4 is 11.9 Å². The topological polar surface area (TPSA) is 127 Å². The summed E-state index contributed by atoms with van der Waals surface area (Å²) in [6.45, 7) is 3.64. The van der Waals surface area contributed by atoms with E-state index in [1.165, 1.54) is 0 Å². The number of carboxylic acid groups (broad SMARTS) is 1. The lowest BCUT2D eigenvalue weighted by Crippen LogP contribution is -2.41. The molecule has 5 N–H and O–H groups in total. The highest BCUT2D eigenvalue weighted by Gasteiger charge is 2.22. The number of carbonyl (C=O) groups excluding carboxylic acids is 1. The van der Waals surface area contributed by atoms with Crippen LogP contribution in [0, 0.1) is 5.92 Å². The Labute approximate surface area is 115 Å². The number of aromatic hydroxyl groups is 3. The summed E-state index contributed by atoms with van der Waals surface area (Å²) in [6.07, 6.45) is 0.247. The third-order valence-electron chi connectivity index (χ3n) is 2.64. The van der Waals surface area contributed by atoms with E-state index in [1.54, 1.807) is 0 Å². The highest BCUT2D eigenvalue weighted by Crippen LogP contribution is 2.35. The average Bonchev–Trinajstić information content (AvgIpc) is 2.33. The summed E-state index contributed by atoms with van der Waals surface area (Å²) in [7, 11) is 0. The van der Waals surface area contributed by atoms with Gasteiger partial charge in [-0.3, -0.25) is 4.79 Å². The number of nitrogens with one attached hydrogen (secondary N) is 1. The van der Waals surface area contributed by atoms with Crippen LogP contribution in [0.25, 0.3) is 0 Å². The Morgan fingerprint density at radius 1 is 1.15 bits per heavy atom. The molecule has 1 aromatic carbocycles. The molecule has 1 rings (SSSR count). The third-order valence-corrected chi connectivity index (χ3v) is 2.64. The third kappa shape index (κ3) is 3.78. The molecule has 0 fully saturated rings. The van der Waals surface area contributed by atoms with E-state index in [4.69, 9.17) is 5.11 Å². The molecule has 1 atom stereocenters. The van der Waals surface area contributed by atoms with Gasteiger partial charge in [-0.25, -0.2) is 4.79 Å². The van der Waals surface area contributed by atoms with E-state index < -0.39 is 35.2 Å². The Kier molecular flexibility index (Phi) is 4.79. The molecule has 0 heterocycles. The molecular formula is C13H17NO6. The second-order valence-corrected chi connectivity index (χ2v) is 4.86. The van der Waals surface area contributed by atoms with Crippen molar-refractivity contribution in [2.45, 2.75) is 26.3 Å². The molecule has 1 unspecified atom stereocenters. The summed E-state index contributed by atoms with van der Waals surface area (Å²) in [5.74, 6) is -3.92. The van der Waals surface area contributed by atoms with Gasteiger partial charge >= 0.3 is 5.97 Å². The van der Waals surface area contributed by atoms with E-state index in [0.717, 1.165) is 12.1 Å². The maximum atomic E-state index is 11.9. The fraction of sp³-hybridized carbons (Fsp3) is 0.385. The highest BCUT2D eigenvalue weighted by atomic mass is 16.4. The standard InChI is InChI=1S/C13H17NO6/c1-6(2)3-8(13(19)20)14-12(18)7-4-9(15)11(17)10(16)5-7/h4-6,8,15-17H,3H2,1-2H3,(H,14,18)(H,19,20). The average molecular weight is 283 g/mol. The molecule has 0 radical (unpaired) electrons. The molecule has 0 spiro atoms. The minimum absolute atomic E-state index is 0.0676. The number of phenolic OH excluding ortho intramolecular Hbond substituents is 3. The van der Waals surface area contributed by atoms with Gasteiger partial charge in [0.2, 0.25) is 0 Å². The molecule has 0 saturated heterocycles. The molecule has 7 heteroatoms. The first-order valence-corrected chi connectivity index (χ1v) is 6.01. The fourth-order valence-corrected chi connectivity index (χ4v) is 1.67. The van der Waals surface area contributed by atoms with Gasteiger partial charge in [0.1, 0.15) is 6.04 Å². The van der Waals surface area contributed by atoms with Gasteiger partial charge in [-0.2, -0.15) is 0 Å². The van der Waals surface area contributed by atoms with Crippen LogP contribution in [-0.2, 0) is 4.79 Å². The van der Waals surface area contributed by atoms with E-state index in [2.05, 4.69) is 5.32 Å². The fourth-order valence-electron chi connectivity index (χ4n) is 1.67. The van der Waals surface area contributed by atoms with Crippen molar-refractivity contribution in [2.24, 2.45) is 5.92 Å². The van der Waals surface area contributed by atoms with Crippen molar-refractivity contribution in [1.82, 2.24) is 5.32 Å². The van der Waals surface area contributed by atoms with Gasteiger partial charge in [-0.05, 0) is 24.5 Å². The smallest absolute Gasteiger partial charge is 0.326 e. The van der Waals surface area contributed by atoms with E-state index in [-0.39, 0.29) is 17.9 Å². The number of aliphatic carboxylic acids is 1. The van der Waals surface area contributed by atoms with E-state index >= 15 is 0 Å². The lowest BCUT2D eigenvalue weighted by molar-refractivity contribution is -0.139. The summed E-state index contributed by atoms with van der Waals surface area (Å²) in [5, 5.41) is 39.1. The van der Waals surface area contributed by atoms with Gasteiger partial charge in [0.25, 0.3) is 5.91 Å². The minimum Gasteiger partial charge on any atom is -0.504 e. The van der Waals surface area contributed by atoms with Crippen LogP contribution in [0.4, 0.5) is 0 Å². The van der Waals surface area contributed by atoms with Crippen molar-refractivity contribution in [3.05, 3.63) is 17.7 Å². The number of carboxylic acids is 1. The van der Waals surface area contributed by atoms with Crippen LogP contribution in [0.15, 0.2) is 12.1 Å². The minimum atomic E-state index is -1.17. The van der Waals surface area contributed by atoms with Crippen LogP contribution in [0.2, 0.25) is 0 Å². The number of hydrogen-bond acceptors (Lipinski definition) is 5. The zero-order valence-corrected chi connectivity index (χ0v) is 11.1. The zero-order chi connectivity index (χ0) is 15.4. The molecule has 0 bridgehead atoms. The maximum Gasteiger partial charge on any atom is 0.326 e. The van der Waals surface area contributed by atoms with E-state index in [9.17, 15) is 24.9 Å². The molecule has 1 amide bonds. The van der Waals surface area contributed by atoms with Crippen molar-refractivity contribution in [2.75, 3.05) is 0 Å². The molecule has 0 aliphatic heterocycles. The number of amides is 1. The Balaban J connectivity index is 2.92. The first-order valence-electron chi connectivity index (χ1n) is 6.01. The summed E-state index contributed by atoms with van der Waals surface area (Å²) in [6, 6.07) is 0.817. The van der Waals surface area contributed by atoms with Gasteiger partial charge in [-0.15, -0.1) is 0 Å². The van der Waals surface area contributed by atoms with Gasteiger partial charge in [0.05, 0.1) is 0 Å². The van der Waals surface area contributed by atoms with Gasteiger partial charge in [0, 0.05) is 5.56 Å². The Bertz CT molecular complexity index is 503. The predicted octanol–water partition coefficient (Wildman–Crippen LogP) is 1.03. The van der Waals surface area contributed by atoms with E-state index in [1.807, 2.05) is 13.8 Å². The van der Waals surface area contributed by atoms with Crippen molar-refractivity contribution in [3.63, 3.8) is 0 Å². The van der Waals surface area contributed by atoms with Gasteiger partial charge < -0.3 is 25.7 Å². The van der Waals surface area contributed by atoms with Crippen molar-refractivity contribution < 1.29 is 30.0 Å². The molecule has 20 heavy (non-hydrogen) atoms. The number of benzene rings is 1. The molecule has 0 aliphatic carbocycles. The Hall–Kier alpha value is -2.44. The maximum absolute atomic E-state index is 11.9. The summed E-state index contributed by atoms with van der Waals surface area (Å²) in [5.41, 5.74) is -0.146. The van der Waals surface area contributed by atoms with Gasteiger partial charge in [0.15, 0.2) is 17.2 Å². The first-order chi connectivity index (χ1) is 9.22. The van der Waals surface area contributed by atoms with E-state index in [0.29, 0.717) is 0 Å². The number of phenols is 3. The molecule has 0 aromatic heterocycles. The normalized spacial score (nSPS) is 12.2. The molecule has 7 nitrogen and oxygen atoms in total. The number of rotatable bonds is 5. The lowest BCUT2D eigenvalue weighted by Gasteiger charge is -2.16. The lowest BCUT2D eigenvalue weighted by atomic mass is 10.0. The van der Waals surface area contributed by atoms with Crippen LogP contribution in [-0.4, -0.2) is 38.3 Å². The highest BCUT2D eigenvalue weighted by molar-refractivity contribution is 5.97. The Morgan fingerprint density at radius 2 is 1.65 bits per heavy atom.